The molecule has 0 aromatic carbocycles. The fraction of sp³-hybridized carbons (Fsp3) is 0.846. The summed E-state index contributed by atoms with van der Waals surface area (Å²) in [5.41, 5.74) is 0. The molecule has 98 valence electrons. The van der Waals surface area contributed by atoms with Crippen molar-refractivity contribution in [3.8, 4) is 0 Å². The van der Waals surface area contributed by atoms with E-state index in [1.165, 1.54) is 6.42 Å². The number of likely N-dealkylation sites (tertiary alicyclic amines) is 1. The first-order chi connectivity index (χ1) is 8.24. The molecule has 0 aromatic rings. The number of rotatable bonds is 5. The average Bonchev–Trinajstić information content (AvgIpc) is 2.80. The molecule has 17 heavy (non-hydrogen) atoms. The van der Waals surface area contributed by atoms with Crippen LogP contribution in [-0.2, 0) is 9.47 Å². The Labute approximate surface area is 109 Å². The highest BCUT2D eigenvalue weighted by atomic mass is 35.5. The molecule has 0 aromatic heterocycles. The van der Waals surface area contributed by atoms with E-state index in [1.54, 1.807) is 0 Å². The Balaban J connectivity index is 1.60. The van der Waals surface area contributed by atoms with Gasteiger partial charge in [-0.1, -0.05) is 18.2 Å². The van der Waals surface area contributed by atoms with Crippen molar-refractivity contribution >= 4 is 11.6 Å². The van der Waals surface area contributed by atoms with Gasteiger partial charge in [0.25, 0.3) is 0 Å². The van der Waals surface area contributed by atoms with E-state index in [0.717, 1.165) is 57.1 Å². The maximum atomic E-state index is 5.91. The van der Waals surface area contributed by atoms with Crippen molar-refractivity contribution in [2.75, 3.05) is 32.8 Å². The lowest BCUT2D eigenvalue weighted by atomic mass is 10.1. The standard InChI is InChI=1S/C13H22ClNO2/c1-11(14)9-15-6-4-12(5-7-15)17-10-13-3-2-8-16-13/h12-13H,1-10H2/t13-/m1/s1. The first-order valence-corrected chi connectivity index (χ1v) is 6.90. The highest BCUT2D eigenvalue weighted by Gasteiger charge is 2.22. The summed E-state index contributed by atoms with van der Waals surface area (Å²) in [7, 11) is 0. The second kappa shape index (κ2) is 6.74. The quantitative estimate of drug-likeness (QED) is 0.757. The summed E-state index contributed by atoms with van der Waals surface area (Å²) in [5, 5.41) is 0.726. The second-order valence-electron chi connectivity index (χ2n) is 4.96. The minimum Gasteiger partial charge on any atom is -0.376 e. The first-order valence-electron chi connectivity index (χ1n) is 6.53. The summed E-state index contributed by atoms with van der Waals surface area (Å²) in [5.74, 6) is 0. The predicted octanol–water partition coefficient (Wildman–Crippen LogP) is 2.40. The molecule has 4 heteroatoms. The number of ether oxygens (including phenoxy) is 2. The van der Waals surface area contributed by atoms with Gasteiger partial charge in [-0.05, 0) is 25.7 Å². The van der Waals surface area contributed by atoms with Crippen LogP contribution in [0, 0.1) is 0 Å². The monoisotopic (exact) mass is 259 g/mol. The van der Waals surface area contributed by atoms with E-state index in [0.29, 0.717) is 12.2 Å². The summed E-state index contributed by atoms with van der Waals surface area (Å²) < 4.78 is 11.5. The molecule has 0 unspecified atom stereocenters. The molecule has 1 atom stereocenters. The summed E-state index contributed by atoms with van der Waals surface area (Å²) >= 11 is 5.81. The van der Waals surface area contributed by atoms with Gasteiger partial charge < -0.3 is 9.47 Å². The minimum absolute atomic E-state index is 0.343. The molecule has 0 saturated carbocycles. The van der Waals surface area contributed by atoms with Gasteiger partial charge in [-0.25, -0.2) is 0 Å². The van der Waals surface area contributed by atoms with Gasteiger partial charge in [-0.15, -0.1) is 0 Å². The smallest absolute Gasteiger partial charge is 0.0809 e. The lowest BCUT2D eigenvalue weighted by Gasteiger charge is -2.32. The van der Waals surface area contributed by atoms with E-state index in [-0.39, 0.29) is 0 Å². The lowest BCUT2D eigenvalue weighted by molar-refractivity contribution is -0.0409. The van der Waals surface area contributed by atoms with Gasteiger partial charge in [0, 0.05) is 31.3 Å². The van der Waals surface area contributed by atoms with Crippen LogP contribution in [0.3, 0.4) is 0 Å². The van der Waals surface area contributed by atoms with Crippen molar-refractivity contribution in [2.24, 2.45) is 0 Å². The number of hydrogen-bond donors (Lipinski definition) is 0. The van der Waals surface area contributed by atoms with E-state index in [2.05, 4.69) is 11.5 Å². The number of hydrogen-bond acceptors (Lipinski definition) is 3. The Hall–Kier alpha value is -0.0900. The first kappa shape index (κ1) is 13.3. The van der Waals surface area contributed by atoms with Gasteiger partial charge in [-0.2, -0.15) is 0 Å². The van der Waals surface area contributed by atoms with Crippen molar-refractivity contribution < 1.29 is 9.47 Å². The van der Waals surface area contributed by atoms with Crippen LogP contribution in [0.2, 0.25) is 0 Å². The van der Waals surface area contributed by atoms with Crippen molar-refractivity contribution in [1.29, 1.82) is 0 Å². The van der Waals surface area contributed by atoms with Crippen molar-refractivity contribution in [2.45, 2.75) is 37.9 Å². The van der Waals surface area contributed by atoms with Crippen LogP contribution in [0.5, 0.6) is 0 Å². The molecule has 2 fully saturated rings. The third kappa shape index (κ3) is 4.59. The highest BCUT2D eigenvalue weighted by Crippen LogP contribution is 2.18. The van der Waals surface area contributed by atoms with Crippen LogP contribution in [0.25, 0.3) is 0 Å². The normalized spacial score (nSPS) is 27.5. The molecule has 0 N–H and O–H groups in total. The topological polar surface area (TPSA) is 21.7 Å². The van der Waals surface area contributed by atoms with E-state index >= 15 is 0 Å². The maximum absolute atomic E-state index is 5.91. The summed E-state index contributed by atoms with van der Waals surface area (Å²) in [4.78, 5) is 2.33. The minimum atomic E-state index is 0.343. The fourth-order valence-electron chi connectivity index (χ4n) is 2.50. The Bertz CT molecular complexity index is 246. The van der Waals surface area contributed by atoms with E-state index < -0.39 is 0 Å². The van der Waals surface area contributed by atoms with Gasteiger partial charge in [0.05, 0.1) is 18.8 Å². The van der Waals surface area contributed by atoms with Gasteiger partial charge in [0.2, 0.25) is 0 Å². The van der Waals surface area contributed by atoms with Gasteiger partial charge in [0.15, 0.2) is 0 Å². The molecule has 3 nitrogen and oxygen atoms in total. The van der Waals surface area contributed by atoms with E-state index in [4.69, 9.17) is 21.1 Å². The summed E-state index contributed by atoms with van der Waals surface area (Å²) in [6.45, 7) is 8.33. The molecule has 2 saturated heterocycles. The molecule has 2 heterocycles. The Kier molecular flexibility index (Phi) is 5.29. The number of piperidine rings is 1. The zero-order valence-corrected chi connectivity index (χ0v) is 11.1. The van der Waals surface area contributed by atoms with Crippen LogP contribution in [0.15, 0.2) is 11.6 Å². The Morgan fingerprint density at radius 3 is 2.71 bits per heavy atom. The summed E-state index contributed by atoms with van der Waals surface area (Å²) in [6.07, 6.45) is 5.28. The molecule has 2 aliphatic rings. The van der Waals surface area contributed by atoms with Crippen molar-refractivity contribution in [1.82, 2.24) is 4.90 Å². The molecular formula is C13H22ClNO2. The maximum Gasteiger partial charge on any atom is 0.0809 e. The van der Waals surface area contributed by atoms with Crippen LogP contribution < -0.4 is 0 Å². The van der Waals surface area contributed by atoms with Crippen molar-refractivity contribution in [3.63, 3.8) is 0 Å². The Morgan fingerprint density at radius 1 is 1.35 bits per heavy atom. The third-order valence-corrected chi connectivity index (χ3v) is 3.59. The predicted molar refractivity (Wildman–Crippen MR) is 69.4 cm³/mol. The van der Waals surface area contributed by atoms with E-state index in [9.17, 15) is 0 Å². The van der Waals surface area contributed by atoms with Crippen LogP contribution in [0.4, 0.5) is 0 Å². The fourth-order valence-corrected chi connectivity index (χ4v) is 2.66. The molecule has 0 bridgehead atoms. The zero-order chi connectivity index (χ0) is 12.1. The molecule has 0 amide bonds. The Morgan fingerprint density at radius 2 is 2.12 bits per heavy atom. The molecule has 2 rings (SSSR count). The van der Waals surface area contributed by atoms with Crippen LogP contribution in [-0.4, -0.2) is 50.0 Å². The highest BCUT2D eigenvalue weighted by molar-refractivity contribution is 6.29. The lowest BCUT2D eigenvalue weighted by Crippen LogP contribution is -2.38. The molecular weight excluding hydrogens is 238 g/mol. The molecule has 0 radical (unpaired) electrons. The average molecular weight is 260 g/mol. The van der Waals surface area contributed by atoms with Gasteiger partial charge in [0.1, 0.15) is 0 Å². The molecule has 0 spiro atoms. The van der Waals surface area contributed by atoms with Crippen molar-refractivity contribution in [3.05, 3.63) is 11.6 Å². The molecule has 2 aliphatic heterocycles. The second-order valence-corrected chi connectivity index (χ2v) is 5.50. The third-order valence-electron chi connectivity index (χ3n) is 3.47. The zero-order valence-electron chi connectivity index (χ0n) is 10.4. The largest absolute Gasteiger partial charge is 0.376 e. The number of halogens is 1. The SMILES string of the molecule is C=C(Cl)CN1CCC(OC[C@H]2CCCO2)CC1. The van der Waals surface area contributed by atoms with Gasteiger partial charge in [-0.3, -0.25) is 4.90 Å². The molecule has 0 aliphatic carbocycles. The number of nitrogens with zero attached hydrogens (tertiary/aromatic N) is 1. The van der Waals surface area contributed by atoms with Crippen LogP contribution >= 0.6 is 11.6 Å². The van der Waals surface area contributed by atoms with Crippen LogP contribution in [0.1, 0.15) is 25.7 Å². The summed E-state index contributed by atoms with van der Waals surface area (Å²) in [6, 6.07) is 0. The van der Waals surface area contributed by atoms with E-state index in [1.807, 2.05) is 0 Å². The van der Waals surface area contributed by atoms with Gasteiger partial charge >= 0.3 is 0 Å².